The Morgan fingerprint density at radius 3 is 2.71 bits per heavy atom. The third-order valence-corrected chi connectivity index (χ3v) is 4.91. The van der Waals surface area contributed by atoms with Crippen molar-refractivity contribution in [3.8, 4) is 5.69 Å². The van der Waals surface area contributed by atoms with E-state index in [4.69, 9.17) is 23.2 Å². The number of hydrogen-bond donors (Lipinski definition) is 1. The fraction of sp³-hybridized carbons (Fsp3) is 0.188. The Balaban J connectivity index is 1.48. The van der Waals surface area contributed by atoms with Crippen LogP contribution in [0.25, 0.3) is 5.69 Å². The molecule has 1 heterocycles. The van der Waals surface area contributed by atoms with Gasteiger partial charge in [-0.15, -0.1) is 5.10 Å². The Morgan fingerprint density at radius 1 is 1.08 bits per heavy atom. The molecule has 3 aromatic rings. The minimum atomic E-state index is 0.659. The summed E-state index contributed by atoms with van der Waals surface area (Å²) in [6.45, 7) is 1.76. The van der Waals surface area contributed by atoms with Crippen LogP contribution in [0.4, 0.5) is 0 Å². The molecule has 1 aromatic heterocycles. The Bertz CT molecular complexity index is 794. The van der Waals surface area contributed by atoms with Crippen molar-refractivity contribution in [1.82, 2.24) is 20.2 Å². The molecule has 0 saturated heterocycles. The van der Waals surface area contributed by atoms with Gasteiger partial charge in [0.2, 0.25) is 5.16 Å². The van der Waals surface area contributed by atoms with Gasteiger partial charge in [0.1, 0.15) is 6.54 Å². The van der Waals surface area contributed by atoms with E-state index < -0.39 is 0 Å². The van der Waals surface area contributed by atoms with Gasteiger partial charge < -0.3 is 5.32 Å². The van der Waals surface area contributed by atoms with Crippen molar-refractivity contribution < 1.29 is 5.32 Å². The van der Waals surface area contributed by atoms with E-state index in [0.717, 1.165) is 35.2 Å². The number of para-hydroxylation sites is 1. The van der Waals surface area contributed by atoms with E-state index in [1.54, 1.807) is 22.5 Å². The van der Waals surface area contributed by atoms with Gasteiger partial charge in [-0.25, -0.2) is 0 Å². The SMILES string of the molecule is Clc1ccc(C[NH2+]CCSc2nnnn2-c2ccccc2)c(Cl)c1. The second-order valence-electron chi connectivity index (χ2n) is 5.07. The number of rotatable bonds is 7. The lowest BCUT2D eigenvalue weighted by atomic mass is 10.2. The third kappa shape index (κ3) is 4.48. The fourth-order valence-electron chi connectivity index (χ4n) is 2.18. The zero-order valence-electron chi connectivity index (χ0n) is 12.8. The van der Waals surface area contributed by atoms with Crippen LogP contribution < -0.4 is 5.32 Å². The number of tetrazole rings is 1. The number of thioether (sulfide) groups is 1. The molecule has 0 aliphatic carbocycles. The fourth-order valence-corrected chi connectivity index (χ4v) is 3.49. The predicted molar refractivity (Wildman–Crippen MR) is 96.8 cm³/mol. The quantitative estimate of drug-likeness (QED) is 0.505. The number of hydrogen-bond acceptors (Lipinski definition) is 4. The van der Waals surface area contributed by atoms with Gasteiger partial charge in [-0.05, 0) is 34.7 Å². The van der Waals surface area contributed by atoms with Crippen molar-refractivity contribution in [2.24, 2.45) is 0 Å². The van der Waals surface area contributed by atoms with Crippen molar-refractivity contribution in [3.05, 3.63) is 64.1 Å². The van der Waals surface area contributed by atoms with E-state index in [1.807, 2.05) is 42.5 Å². The minimum absolute atomic E-state index is 0.659. The predicted octanol–water partition coefficient (Wildman–Crippen LogP) is 2.82. The first-order chi connectivity index (χ1) is 11.7. The van der Waals surface area contributed by atoms with Crippen LogP contribution in [0.2, 0.25) is 10.0 Å². The van der Waals surface area contributed by atoms with Crippen molar-refractivity contribution in [2.45, 2.75) is 11.7 Å². The highest BCUT2D eigenvalue weighted by molar-refractivity contribution is 7.99. The molecule has 0 fully saturated rings. The molecule has 2 aromatic carbocycles. The van der Waals surface area contributed by atoms with E-state index in [9.17, 15) is 0 Å². The topological polar surface area (TPSA) is 60.2 Å². The van der Waals surface area contributed by atoms with E-state index in [1.165, 1.54) is 0 Å². The van der Waals surface area contributed by atoms with Crippen LogP contribution in [0.1, 0.15) is 5.56 Å². The van der Waals surface area contributed by atoms with Crippen LogP contribution in [-0.4, -0.2) is 32.5 Å². The highest BCUT2D eigenvalue weighted by Crippen LogP contribution is 2.20. The molecule has 0 radical (unpaired) electrons. The first-order valence-corrected chi connectivity index (χ1v) is 9.20. The molecule has 24 heavy (non-hydrogen) atoms. The van der Waals surface area contributed by atoms with E-state index in [0.29, 0.717) is 10.0 Å². The molecular formula is C16H16Cl2N5S+. The van der Waals surface area contributed by atoms with Gasteiger partial charge in [-0.2, -0.15) is 4.68 Å². The van der Waals surface area contributed by atoms with Gasteiger partial charge in [0.15, 0.2) is 0 Å². The monoisotopic (exact) mass is 380 g/mol. The molecule has 0 atom stereocenters. The van der Waals surface area contributed by atoms with Gasteiger partial charge in [0.25, 0.3) is 0 Å². The molecule has 0 saturated carbocycles. The molecule has 2 N–H and O–H groups in total. The van der Waals surface area contributed by atoms with Gasteiger partial charge in [0.05, 0.1) is 23.0 Å². The normalized spacial score (nSPS) is 10.9. The second-order valence-corrected chi connectivity index (χ2v) is 6.98. The van der Waals surface area contributed by atoms with E-state index >= 15 is 0 Å². The summed E-state index contributed by atoms with van der Waals surface area (Å²) in [6.07, 6.45) is 0. The molecule has 0 spiro atoms. The molecule has 0 amide bonds. The highest BCUT2D eigenvalue weighted by atomic mass is 35.5. The number of nitrogens with two attached hydrogens (primary N) is 1. The van der Waals surface area contributed by atoms with Crippen molar-refractivity contribution in [1.29, 1.82) is 0 Å². The maximum atomic E-state index is 6.17. The summed E-state index contributed by atoms with van der Waals surface area (Å²) in [5.74, 6) is 0.901. The Labute approximate surface area is 154 Å². The average Bonchev–Trinajstić information content (AvgIpc) is 3.05. The summed E-state index contributed by atoms with van der Waals surface area (Å²) in [5, 5.41) is 16.3. The lowest BCUT2D eigenvalue weighted by Gasteiger charge is -2.05. The number of nitrogens with zero attached hydrogens (tertiary/aromatic N) is 4. The lowest BCUT2D eigenvalue weighted by molar-refractivity contribution is -0.666. The van der Waals surface area contributed by atoms with Gasteiger partial charge in [-0.1, -0.05) is 59.2 Å². The number of halogens is 2. The van der Waals surface area contributed by atoms with Crippen molar-refractivity contribution in [2.75, 3.05) is 12.3 Å². The van der Waals surface area contributed by atoms with Crippen LogP contribution in [-0.2, 0) is 6.54 Å². The zero-order valence-corrected chi connectivity index (χ0v) is 15.1. The molecule has 0 unspecified atom stereocenters. The Kier molecular flexibility index (Phi) is 6.09. The molecule has 0 aliphatic rings. The molecule has 5 nitrogen and oxygen atoms in total. The molecule has 0 aliphatic heterocycles. The molecule has 0 bridgehead atoms. The van der Waals surface area contributed by atoms with Crippen LogP contribution in [0.3, 0.4) is 0 Å². The maximum absolute atomic E-state index is 6.17. The summed E-state index contributed by atoms with van der Waals surface area (Å²) < 4.78 is 1.75. The number of benzene rings is 2. The largest absolute Gasteiger partial charge is 0.342 e. The van der Waals surface area contributed by atoms with Crippen LogP contribution in [0.5, 0.6) is 0 Å². The van der Waals surface area contributed by atoms with Crippen LogP contribution >= 0.6 is 35.0 Å². The summed E-state index contributed by atoms with van der Waals surface area (Å²) in [4.78, 5) is 0. The Morgan fingerprint density at radius 2 is 1.92 bits per heavy atom. The van der Waals surface area contributed by atoms with Crippen molar-refractivity contribution in [3.63, 3.8) is 0 Å². The number of aromatic nitrogens is 4. The van der Waals surface area contributed by atoms with Crippen LogP contribution in [0, 0.1) is 0 Å². The van der Waals surface area contributed by atoms with Gasteiger partial charge >= 0.3 is 0 Å². The van der Waals surface area contributed by atoms with Crippen molar-refractivity contribution >= 4 is 35.0 Å². The van der Waals surface area contributed by atoms with E-state index in [-0.39, 0.29) is 0 Å². The summed E-state index contributed by atoms with van der Waals surface area (Å²) in [6, 6.07) is 15.5. The molecular weight excluding hydrogens is 365 g/mol. The standard InChI is InChI=1S/C16H15Cl2N5S/c17-13-7-6-12(15(18)10-13)11-19-8-9-24-16-20-21-22-23(16)14-4-2-1-3-5-14/h1-7,10,19H,8-9,11H2/p+1. The zero-order chi connectivity index (χ0) is 16.8. The van der Waals surface area contributed by atoms with Crippen LogP contribution in [0.15, 0.2) is 53.7 Å². The Hall–Kier alpha value is -1.60. The first-order valence-electron chi connectivity index (χ1n) is 7.46. The number of quaternary nitrogens is 1. The average molecular weight is 381 g/mol. The maximum Gasteiger partial charge on any atom is 0.214 e. The van der Waals surface area contributed by atoms with Gasteiger partial charge in [-0.3, -0.25) is 0 Å². The lowest BCUT2D eigenvalue weighted by Crippen LogP contribution is -2.83. The molecule has 8 heteroatoms. The van der Waals surface area contributed by atoms with E-state index in [2.05, 4.69) is 20.8 Å². The smallest absolute Gasteiger partial charge is 0.214 e. The molecule has 124 valence electrons. The summed E-state index contributed by atoms with van der Waals surface area (Å²) in [7, 11) is 0. The summed E-state index contributed by atoms with van der Waals surface area (Å²) in [5.41, 5.74) is 2.04. The minimum Gasteiger partial charge on any atom is -0.342 e. The second kappa shape index (κ2) is 8.48. The highest BCUT2D eigenvalue weighted by Gasteiger charge is 2.09. The van der Waals surface area contributed by atoms with Gasteiger partial charge in [0, 0.05) is 10.6 Å². The first kappa shape index (κ1) is 17.2. The summed E-state index contributed by atoms with van der Waals surface area (Å²) >= 11 is 13.7. The molecule has 3 rings (SSSR count). The third-order valence-electron chi connectivity index (χ3n) is 3.37.